The molecule has 0 radical (unpaired) electrons. The zero-order chi connectivity index (χ0) is 20.3. The van der Waals surface area contributed by atoms with Crippen LogP contribution in [0.15, 0.2) is 12.1 Å². The Morgan fingerprint density at radius 2 is 1.38 bits per heavy atom. The van der Waals surface area contributed by atoms with Gasteiger partial charge >= 0.3 is 0 Å². The molecule has 3 heteroatoms. The molecule has 1 aromatic rings. The van der Waals surface area contributed by atoms with Crippen molar-refractivity contribution >= 4 is 6.21 Å². The first kappa shape index (κ1) is 22.5. The van der Waals surface area contributed by atoms with Crippen molar-refractivity contribution in [1.82, 2.24) is 0 Å². The highest BCUT2D eigenvalue weighted by Gasteiger charge is 2.28. The van der Waals surface area contributed by atoms with E-state index in [0.717, 1.165) is 47.1 Å². The van der Waals surface area contributed by atoms with Crippen molar-refractivity contribution in [3.63, 3.8) is 0 Å². The monoisotopic (exact) mass is 361 g/mol. The third kappa shape index (κ3) is 5.75. The van der Waals surface area contributed by atoms with Crippen molar-refractivity contribution in [2.75, 3.05) is 0 Å². The Hall–Kier alpha value is -1.51. The van der Waals surface area contributed by atoms with Crippen LogP contribution in [-0.2, 0) is 10.8 Å². The van der Waals surface area contributed by atoms with Gasteiger partial charge in [-0.3, -0.25) is 0 Å². The summed E-state index contributed by atoms with van der Waals surface area (Å²) in [5.74, 6) is 0.349. The molecule has 148 valence electrons. The highest BCUT2D eigenvalue weighted by molar-refractivity contribution is 5.78. The molecule has 0 saturated heterocycles. The van der Waals surface area contributed by atoms with Crippen LogP contribution in [-0.4, -0.2) is 21.6 Å². The minimum absolute atomic E-state index is 0.196. The predicted molar refractivity (Wildman–Crippen MR) is 113 cm³/mol. The molecule has 3 nitrogen and oxygen atoms in total. The first-order valence-corrected chi connectivity index (χ1v) is 9.89. The lowest BCUT2D eigenvalue weighted by atomic mass is 9.78. The first-order chi connectivity index (χ1) is 11.7. The standard InChI is InChI=1S/C23H39NO2/c1-10-11-12-13-23(8,9)24(26)16-17-14-18(21(2,3)4)20(25)19(15-17)22(5,6)7/h14-16,25H,10-13H2,1-9H3. The molecule has 0 saturated carbocycles. The van der Waals surface area contributed by atoms with Crippen molar-refractivity contribution in [2.45, 2.75) is 104 Å². The minimum atomic E-state index is -0.434. The van der Waals surface area contributed by atoms with E-state index >= 15 is 0 Å². The van der Waals surface area contributed by atoms with E-state index < -0.39 is 5.54 Å². The molecule has 0 heterocycles. The minimum Gasteiger partial charge on any atom is -0.623 e. The Morgan fingerprint density at radius 1 is 0.923 bits per heavy atom. The molecule has 1 aromatic carbocycles. The van der Waals surface area contributed by atoms with Gasteiger partial charge in [0.15, 0.2) is 11.8 Å². The van der Waals surface area contributed by atoms with Gasteiger partial charge in [-0.05, 0) is 29.4 Å². The van der Waals surface area contributed by atoms with Crippen LogP contribution in [0.5, 0.6) is 5.75 Å². The molecule has 0 amide bonds. The highest BCUT2D eigenvalue weighted by atomic mass is 16.5. The Bertz CT molecular complexity index is 608. The van der Waals surface area contributed by atoms with Gasteiger partial charge in [-0.2, -0.15) is 0 Å². The Morgan fingerprint density at radius 3 is 1.77 bits per heavy atom. The number of aromatic hydroxyl groups is 1. The predicted octanol–water partition coefficient (Wildman–Crippen LogP) is 6.28. The second-order valence-corrected chi connectivity index (χ2v) is 10.2. The van der Waals surface area contributed by atoms with Gasteiger partial charge in [0.25, 0.3) is 0 Å². The summed E-state index contributed by atoms with van der Waals surface area (Å²) < 4.78 is 1.09. The van der Waals surface area contributed by atoms with Crippen molar-refractivity contribution in [3.8, 4) is 5.75 Å². The number of hydrogen-bond acceptors (Lipinski definition) is 2. The number of phenols is 1. The summed E-state index contributed by atoms with van der Waals surface area (Å²) in [6.45, 7) is 18.7. The number of hydrogen-bond donors (Lipinski definition) is 1. The third-order valence-corrected chi connectivity index (χ3v) is 5.00. The van der Waals surface area contributed by atoms with E-state index in [4.69, 9.17) is 0 Å². The zero-order valence-electron chi connectivity index (χ0n) is 18.4. The van der Waals surface area contributed by atoms with Crippen molar-refractivity contribution in [3.05, 3.63) is 34.0 Å². The fourth-order valence-corrected chi connectivity index (χ4v) is 3.10. The quantitative estimate of drug-likeness (QED) is 0.213. The maximum Gasteiger partial charge on any atom is 0.182 e. The van der Waals surface area contributed by atoms with Crippen molar-refractivity contribution < 1.29 is 9.85 Å². The van der Waals surface area contributed by atoms with E-state index in [1.54, 1.807) is 6.21 Å². The molecule has 0 atom stereocenters. The summed E-state index contributed by atoms with van der Waals surface area (Å²) in [7, 11) is 0. The molecule has 0 aliphatic heterocycles. The number of benzene rings is 1. The van der Waals surface area contributed by atoms with Crippen LogP contribution in [0.3, 0.4) is 0 Å². The smallest absolute Gasteiger partial charge is 0.182 e. The van der Waals surface area contributed by atoms with Crippen molar-refractivity contribution in [2.24, 2.45) is 0 Å². The molecule has 1 N–H and O–H groups in total. The molecule has 0 aliphatic rings. The molecule has 0 fully saturated rings. The topological polar surface area (TPSA) is 46.3 Å². The number of phenolic OH excluding ortho intramolecular Hbond substituents is 1. The normalized spacial score (nSPS) is 14.0. The fourth-order valence-electron chi connectivity index (χ4n) is 3.10. The van der Waals surface area contributed by atoms with E-state index in [1.807, 2.05) is 26.0 Å². The maximum absolute atomic E-state index is 12.8. The van der Waals surface area contributed by atoms with Crippen LogP contribution in [0.4, 0.5) is 0 Å². The Balaban J connectivity index is 3.40. The fraction of sp³-hybridized carbons (Fsp3) is 0.696. The van der Waals surface area contributed by atoms with Crippen LogP contribution < -0.4 is 0 Å². The molecule has 1 rings (SSSR count). The second kappa shape index (κ2) is 8.02. The average molecular weight is 362 g/mol. The molecule has 26 heavy (non-hydrogen) atoms. The summed E-state index contributed by atoms with van der Waals surface area (Å²) in [5, 5.41) is 23.7. The van der Waals surface area contributed by atoms with Gasteiger partial charge in [0, 0.05) is 37.0 Å². The molecule has 0 unspecified atom stereocenters. The number of nitrogens with zero attached hydrogens (tertiary/aromatic N) is 1. The molecule has 0 aromatic heterocycles. The molecular formula is C23H39NO2. The van der Waals surface area contributed by atoms with Gasteiger partial charge in [-0.25, -0.2) is 4.74 Å². The lowest BCUT2D eigenvalue weighted by Gasteiger charge is -2.28. The summed E-state index contributed by atoms with van der Waals surface area (Å²) in [6, 6.07) is 3.91. The van der Waals surface area contributed by atoms with Crippen LogP contribution in [0.1, 0.15) is 105 Å². The van der Waals surface area contributed by atoms with E-state index in [9.17, 15) is 10.3 Å². The lowest BCUT2D eigenvalue weighted by Crippen LogP contribution is -2.33. The van der Waals surface area contributed by atoms with Crippen LogP contribution in [0.25, 0.3) is 0 Å². The van der Waals surface area contributed by atoms with Gasteiger partial charge in [0.05, 0.1) is 0 Å². The van der Waals surface area contributed by atoms with Crippen molar-refractivity contribution in [1.29, 1.82) is 0 Å². The number of unbranched alkanes of at least 4 members (excludes halogenated alkanes) is 2. The lowest BCUT2D eigenvalue weighted by molar-refractivity contribution is -0.537. The summed E-state index contributed by atoms with van der Waals surface area (Å²) >= 11 is 0. The second-order valence-electron chi connectivity index (χ2n) is 10.2. The van der Waals surface area contributed by atoms with Crippen LogP contribution in [0, 0.1) is 5.21 Å². The van der Waals surface area contributed by atoms with Gasteiger partial charge < -0.3 is 10.3 Å². The van der Waals surface area contributed by atoms with E-state index in [2.05, 4.69) is 48.5 Å². The molecule has 0 bridgehead atoms. The third-order valence-electron chi connectivity index (χ3n) is 5.00. The van der Waals surface area contributed by atoms with E-state index in [1.165, 1.54) is 0 Å². The van der Waals surface area contributed by atoms with Gasteiger partial charge in [-0.15, -0.1) is 0 Å². The maximum atomic E-state index is 12.8. The van der Waals surface area contributed by atoms with Gasteiger partial charge in [0.1, 0.15) is 5.75 Å². The van der Waals surface area contributed by atoms with Crippen LogP contribution in [0.2, 0.25) is 0 Å². The summed E-state index contributed by atoms with van der Waals surface area (Å²) in [6.07, 6.45) is 5.93. The zero-order valence-corrected chi connectivity index (χ0v) is 18.4. The number of hydroxylamine groups is 1. The average Bonchev–Trinajstić information content (AvgIpc) is 2.46. The Kier molecular flexibility index (Phi) is 6.95. The SMILES string of the molecule is CCCCCC(C)(C)[N+]([O-])=Cc1cc(C(C)(C)C)c(O)c(C(C)(C)C)c1. The summed E-state index contributed by atoms with van der Waals surface area (Å²) in [5.41, 5.74) is 1.80. The molecule has 0 spiro atoms. The van der Waals surface area contributed by atoms with E-state index in [-0.39, 0.29) is 10.8 Å². The Labute approximate surface area is 160 Å². The first-order valence-electron chi connectivity index (χ1n) is 9.89. The number of rotatable bonds is 6. The summed E-state index contributed by atoms with van der Waals surface area (Å²) in [4.78, 5) is 0. The molecule has 0 aliphatic carbocycles. The molecular weight excluding hydrogens is 322 g/mol. The van der Waals surface area contributed by atoms with Gasteiger partial charge in [-0.1, -0.05) is 61.3 Å². The van der Waals surface area contributed by atoms with Gasteiger partial charge in [0.2, 0.25) is 0 Å². The van der Waals surface area contributed by atoms with Crippen LogP contribution >= 0.6 is 0 Å². The van der Waals surface area contributed by atoms with E-state index in [0.29, 0.717) is 5.75 Å². The largest absolute Gasteiger partial charge is 0.623 e. The highest BCUT2D eigenvalue weighted by Crippen LogP contribution is 2.39.